The Morgan fingerprint density at radius 1 is 1.40 bits per heavy atom. The van der Waals surface area contributed by atoms with Gasteiger partial charge in [0, 0.05) is 24.0 Å². The van der Waals surface area contributed by atoms with Crippen molar-refractivity contribution in [2.24, 2.45) is 5.92 Å². The molecule has 0 atom stereocenters. The van der Waals surface area contributed by atoms with E-state index in [1.165, 1.54) is 25.1 Å². The van der Waals surface area contributed by atoms with E-state index in [1.54, 1.807) is 0 Å². The Morgan fingerprint density at radius 2 is 2.13 bits per heavy atom. The van der Waals surface area contributed by atoms with Gasteiger partial charge in [0.25, 0.3) is 0 Å². The smallest absolute Gasteiger partial charge is 0.0389 e. The van der Waals surface area contributed by atoms with Crippen molar-refractivity contribution in [2.75, 3.05) is 17.2 Å². The predicted octanol–water partition coefficient (Wildman–Crippen LogP) is 2.89. The summed E-state index contributed by atoms with van der Waals surface area (Å²) >= 11 is 0. The van der Waals surface area contributed by atoms with Gasteiger partial charge in [0.1, 0.15) is 0 Å². The Balaban J connectivity index is 2.15. The van der Waals surface area contributed by atoms with Gasteiger partial charge >= 0.3 is 0 Å². The second-order valence-corrected chi connectivity index (χ2v) is 4.78. The molecule has 0 spiro atoms. The normalized spacial score (nSPS) is 15.7. The first-order chi connectivity index (χ1) is 7.16. The van der Waals surface area contributed by atoms with Crippen LogP contribution in [0.4, 0.5) is 11.4 Å². The number of nitrogens with two attached hydrogens (primary N) is 1. The molecular formula is C13H20N2. The number of nitrogen functional groups attached to an aromatic ring is 1. The van der Waals surface area contributed by atoms with Crippen molar-refractivity contribution in [3.8, 4) is 0 Å². The fourth-order valence-electron chi connectivity index (χ4n) is 1.90. The van der Waals surface area contributed by atoms with Crippen molar-refractivity contribution < 1.29 is 0 Å². The van der Waals surface area contributed by atoms with E-state index in [1.807, 2.05) is 12.1 Å². The average molecular weight is 204 g/mol. The van der Waals surface area contributed by atoms with Crippen LogP contribution in [0.25, 0.3) is 0 Å². The zero-order valence-corrected chi connectivity index (χ0v) is 9.61. The van der Waals surface area contributed by atoms with Crippen LogP contribution in [0.15, 0.2) is 24.3 Å². The fourth-order valence-corrected chi connectivity index (χ4v) is 1.90. The van der Waals surface area contributed by atoms with Crippen LogP contribution in [0.2, 0.25) is 0 Å². The lowest BCUT2D eigenvalue weighted by atomic mass is 10.2. The van der Waals surface area contributed by atoms with Crippen LogP contribution in [0.3, 0.4) is 0 Å². The molecule has 0 aliphatic heterocycles. The number of hydrogen-bond acceptors (Lipinski definition) is 2. The van der Waals surface area contributed by atoms with Crippen LogP contribution in [0, 0.1) is 5.92 Å². The summed E-state index contributed by atoms with van der Waals surface area (Å²) in [5.74, 6) is 0.911. The molecule has 0 amide bonds. The molecule has 82 valence electrons. The van der Waals surface area contributed by atoms with Gasteiger partial charge in [-0.3, -0.25) is 0 Å². The second-order valence-electron chi connectivity index (χ2n) is 4.78. The molecule has 0 aromatic heterocycles. The second kappa shape index (κ2) is 4.13. The van der Waals surface area contributed by atoms with Crippen molar-refractivity contribution >= 4 is 11.4 Å². The van der Waals surface area contributed by atoms with Crippen molar-refractivity contribution in [3.63, 3.8) is 0 Å². The molecule has 0 unspecified atom stereocenters. The van der Waals surface area contributed by atoms with Gasteiger partial charge < -0.3 is 10.6 Å². The quantitative estimate of drug-likeness (QED) is 0.764. The Labute approximate surface area is 92.1 Å². The molecule has 1 aromatic rings. The van der Waals surface area contributed by atoms with Gasteiger partial charge in [0.05, 0.1) is 0 Å². The lowest BCUT2D eigenvalue weighted by Crippen LogP contribution is -2.32. The van der Waals surface area contributed by atoms with E-state index >= 15 is 0 Å². The molecule has 1 aliphatic carbocycles. The van der Waals surface area contributed by atoms with Crippen LogP contribution < -0.4 is 10.6 Å². The molecule has 0 heterocycles. The van der Waals surface area contributed by atoms with Gasteiger partial charge in [-0.25, -0.2) is 0 Å². The lowest BCUT2D eigenvalue weighted by Gasteiger charge is -2.29. The van der Waals surface area contributed by atoms with Crippen LogP contribution >= 0.6 is 0 Å². The van der Waals surface area contributed by atoms with Gasteiger partial charge in [0.2, 0.25) is 0 Å². The predicted molar refractivity (Wildman–Crippen MR) is 66.1 cm³/mol. The third-order valence-corrected chi connectivity index (χ3v) is 2.98. The van der Waals surface area contributed by atoms with Gasteiger partial charge in [-0.2, -0.15) is 0 Å². The van der Waals surface area contributed by atoms with E-state index in [4.69, 9.17) is 5.73 Å². The summed E-state index contributed by atoms with van der Waals surface area (Å²) < 4.78 is 0. The summed E-state index contributed by atoms with van der Waals surface area (Å²) in [6, 6.07) is 8.75. The van der Waals surface area contributed by atoms with E-state index in [2.05, 4.69) is 30.9 Å². The minimum Gasteiger partial charge on any atom is -0.399 e. The summed E-state index contributed by atoms with van der Waals surface area (Å²) in [6.45, 7) is 5.66. The van der Waals surface area contributed by atoms with Gasteiger partial charge in [-0.1, -0.05) is 6.07 Å². The highest BCUT2D eigenvalue weighted by Crippen LogP contribution is 2.32. The summed E-state index contributed by atoms with van der Waals surface area (Å²) in [5.41, 5.74) is 7.93. The maximum Gasteiger partial charge on any atom is 0.0389 e. The average Bonchev–Trinajstić information content (AvgIpc) is 2.97. The molecular weight excluding hydrogens is 184 g/mol. The third-order valence-electron chi connectivity index (χ3n) is 2.98. The molecule has 0 radical (unpaired) electrons. The van der Waals surface area contributed by atoms with Crippen LogP contribution in [-0.4, -0.2) is 12.6 Å². The Kier molecular flexibility index (Phi) is 2.85. The molecule has 2 nitrogen and oxygen atoms in total. The van der Waals surface area contributed by atoms with Crippen LogP contribution in [0.5, 0.6) is 0 Å². The first-order valence-corrected chi connectivity index (χ1v) is 5.79. The molecule has 15 heavy (non-hydrogen) atoms. The van der Waals surface area contributed by atoms with E-state index in [0.717, 1.165) is 11.6 Å². The minimum atomic E-state index is 0.549. The molecule has 1 aliphatic rings. The van der Waals surface area contributed by atoms with Gasteiger partial charge in [-0.05, 0) is 50.8 Å². The number of nitrogens with zero attached hydrogens (tertiary/aromatic N) is 1. The van der Waals surface area contributed by atoms with E-state index < -0.39 is 0 Å². The zero-order valence-electron chi connectivity index (χ0n) is 9.61. The largest absolute Gasteiger partial charge is 0.399 e. The number of rotatable bonds is 4. The van der Waals surface area contributed by atoms with Crippen LogP contribution in [-0.2, 0) is 0 Å². The van der Waals surface area contributed by atoms with Crippen molar-refractivity contribution in [1.82, 2.24) is 0 Å². The Hall–Kier alpha value is -1.18. The topological polar surface area (TPSA) is 29.3 Å². The fraction of sp³-hybridized carbons (Fsp3) is 0.538. The molecule has 0 saturated heterocycles. The van der Waals surface area contributed by atoms with E-state index in [-0.39, 0.29) is 0 Å². The maximum atomic E-state index is 5.82. The highest BCUT2D eigenvalue weighted by atomic mass is 15.2. The van der Waals surface area contributed by atoms with Crippen molar-refractivity contribution in [1.29, 1.82) is 0 Å². The van der Waals surface area contributed by atoms with Crippen LogP contribution in [0.1, 0.15) is 26.7 Å². The van der Waals surface area contributed by atoms with Crippen molar-refractivity contribution in [3.05, 3.63) is 24.3 Å². The third kappa shape index (κ3) is 2.65. The summed E-state index contributed by atoms with van der Waals surface area (Å²) in [5, 5.41) is 0. The van der Waals surface area contributed by atoms with Gasteiger partial charge in [0.15, 0.2) is 0 Å². The number of hydrogen-bond donors (Lipinski definition) is 1. The summed E-state index contributed by atoms with van der Waals surface area (Å²) in [4.78, 5) is 2.45. The summed E-state index contributed by atoms with van der Waals surface area (Å²) in [7, 11) is 0. The number of anilines is 2. The maximum absolute atomic E-state index is 5.82. The Bertz CT molecular complexity index is 329. The summed E-state index contributed by atoms with van der Waals surface area (Å²) in [6.07, 6.45) is 2.79. The lowest BCUT2D eigenvalue weighted by molar-refractivity contribution is 0.645. The highest BCUT2D eigenvalue weighted by Gasteiger charge is 2.25. The molecule has 1 fully saturated rings. The molecule has 0 bridgehead atoms. The molecule has 2 N–H and O–H groups in total. The molecule has 2 rings (SSSR count). The SMILES string of the molecule is CC(C)N(CC1CC1)c1cccc(N)c1. The molecule has 1 saturated carbocycles. The number of benzene rings is 1. The zero-order chi connectivity index (χ0) is 10.8. The molecule has 2 heteroatoms. The Morgan fingerprint density at radius 3 is 2.67 bits per heavy atom. The minimum absolute atomic E-state index is 0.549. The van der Waals surface area contributed by atoms with E-state index in [0.29, 0.717) is 6.04 Å². The molecule has 1 aromatic carbocycles. The van der Waals surface area contributed by atoms with Gasteiger partial charge in [-0.15, -0.1) is 0 Å². The van der Waals surface area contributed by atoms with E-state index in [9.17, 15) is 0 Å². The first-order valence-electron chi connectivity index (χ1n) is 5.79. The van der Waals surface area contributed by atoms with Crippen molar-refractivity contribution in [2.45, 2.75) is 32.7 Å². The standard InChI is InChI=1S/C13H20N2/c1-10(2)15(9-11-6-7-11)13-5-3-4-12(14)8-13/h3-5,8,10-11H,6-7,9,14H2,1-2H3. The highest BCUT2D eigenvalue weighted by molar-refractivity contribution is 5.56. The monoisotopic (exact) mass is 204 g/mol. The first kappa shape index (κ1) is 10.3.